The summed E-state index contributed by atoms with van der Waals surface area (Å²) in [5.74, 6) is 0.748. The first-order valence-corrected chi connectivity index (χ1v) is 6.51. The second-order valence-corrected chi connectivity index (χ2v) is 4.72. The molecule has 102 valence electrons. The van der Waals surface area contributed by atoms with Crippen LogP contribution in [0.3, 0.4) is 0 Å². The summed E-state index contributed by atoms with van der Waals surface area (Å²) in [5.41, 5.74) is 9.37. The number of nitrogens with two attached hydrogens (primary N) is 1. The zero-order valence-corrected chi connectivity index (χ0v) is 11.1. The normalized spacial score (nSPS) is 11.0. The Morgan fingerprint density at radius 3 is 2.86 bits per heavy atom. The molecule has 0 radical (unpaired) electrons. The van der Waals surface area contributed by atoms with E-state index in [4.69, 9.17) is 5.73 Å². The van der Waals surface area contributed by atoms with Crippen molar-refractivity contribution in [1.82, 2.24) is 24.4 Å². The van der Waals surface area contributed by atoms with Gasteiger partial charge >= 0.3 is 0 Å². The lowest BCUT2D eigenvalue weighted by Gasteiger charge is -2.01. The Hall–Kier alpha value is -3.15. The van der Waals surface area contributed by atoms with E-state index < -0.39 is 0 Å². The Morgan fingerprint density at radius 2 is 1.95 bits per heavy atom. The number of anilines is 1. The second kappa shape index (κ2) is 4.45. The zero-order valence-electron chi connectivity index (χ0n) is 11.1. The fourth-order valence-corrected chi connectivity index (χ4v) is 2.25. The molecule has 0 aliphatic rings. The number of hydrogen-bond donors (Lipinski definition) is 1. The first-order valence-electron chi connectivity index (χ1n) is 6.51. The molecule has 0 saturated heterocycles. The summed E-state index contributed by atoms with van der Waals surface area (Å²) in [7, 11) is 0. The molecule has 0 amide bonds. The number of fused-ring (bicyclic) bond motifs is 1. The fraction of sp³-hybridized carbons (Fsp3) is 0. The summed E-state index contributed by atoms with van der Waals surface area (Å²) in [6.07, 6.45) is 7.31. The highest BCUT2D eigenvalue weighted by atomic mass is 15.3. The van der Waals surface area contributed by atoms with Gasteiger partial charge in [-0.2, -0.15) is 10.2 Å². The molecule has 6 nitrogen and oxygen atoms in total. The van der Waals surface area contributed by atoms with Crippen LogP contribution in [-0.2, 0) is 0 Å². The molecule has 0 aliphatic carbocycles. The Labute approximate surface area is 120 Å². The van der Waals surface area contributed by atoms with Crippen molar-refractivity contribution in [3.05, 3.63) is 61.2 Å². The van der Waals surface area contributed by atoms with Gasteiger partial charge in [0.2, 0.25) is 0 Å². The van der Waals surface area contributed by atoms with Crippen LogP contribution in [0.5, 0.6) is 0 Å². The molecule has 0 atom stereocenters. The van der Waals surface area contributed by atoms with E-state index in [0.717, 1.165) is 28.3 Å². The molecule has 4 aromatic rings. The highest BCUT2D eigenvalue weighted by molar-refractivity contribution is 5.66. The average molecular weight is 276 g/mol. The number of rotatable bonds is 2. The quantitative estimate of drug-likeness (QED) is 0.569. The number of nitrogen functional groups attached to an aromatic ring is 1. The Balaban J connectivity index is 1.76. The molecule has 21 heavy (non-hydrogen) atoms. The number of nitrogens with zero attached hydrogens (tertiary/aromatic N) is 5. The maximum Gasteiger partial charge on any atom is 0.157 e. The summed E-state index contributed by atoms with van der Waals surface area (Å²) in [6.45, 7) is 0. The standard InChI is InChI=1S/C15H12N6/c16-13-3-1-2-11(8-13)12-9-18-21(10-12)15-5-7-20-14(19-15)4-6-17-20/h1-10H,16H2. The number of benzene rings is 1. The van der Waals surface area contributed by atoms with Crippen molar-refractivity contribution in [3.63, 3.8) is 0 Å². The van der Waals surface area contributed by atoms with Crippen molar-refractivity contribution in [3.8, 4) is 16.9 Å². The monoisotopic (exact) mass is 276 g/mol. The van der Waals surface area contributed by atoms with E-state index in [9.17, 15) is 0 Å². The minimum Gasteiger partial charge on any atom is -0.399 e. The highest BCUT2D eigenvalue weighted by Gasteiger charge is 2.06. The predicted molar refractivity (Wildman–Crippen MR) is 80.0 cm³/mol. The molecule has 2 N–H and O–H groups in total. The average Bonchev–Trinajstić information content (AvgIpc) is 3.15. The van der Waals surface area contributed by atoms with E-state index in [1.54, 1.807) is 21.6 Å². The maximum absolute atomic E-state index is 5.81. The van der Waals surface area contributed by atoms with Gasteiger partial charge < -0.3 is 5.73 Å². The van der Waals surface area contributed by atoms with E-state index in [0.29, 0.717) is 0 Å². The molecule has 0 saturated carbocycles. The van der Waals surface area contributed by atoms with Crippen molar-refractivity contribution >= 4 is 11.3 Å². The molecule has 0 fully saturated rings. The van der Waals surface area contributed by atoms with Crippen molar-refractivity contribution in [2.45, 2.75) is 0 Å². The molecule has 1 aromatic carbocycles. The van der Waals surface area contributed by atoms with Crippen molar-refractivity contribution < 1.29 is 0 Å². The Morgan fingerprint density at radius 1 is 1.00 bits per heavy atom. The van der Waals surface area contributed by atoms with Gasteiger partial charge in [0.15, 0.2) is 11.5 Å². The molecular formula is C15H12N6. The Bertz CT molecular complexity index is 920. The topological polar surface area (TPSA) is 74.0 Å². The van der Waals surface area contributed by atoms with Crippen LogP contribution < -0.4 is 5.73 Å². The van der Waals surface area contributed by atoms with Crippen LogP contribution in [0, 0.1) is 0 Å². The third kappa shape index (κ3) is 2.02. The van der Waals surface area contributed by atoms with Crippen LogP contribution in [0.4, 0.5) is 5.69 Å². The van der Waals surface area contributed by atoms with Crippen LogP contribution in [-0.4, -0.2) is 24.4 Å². The van der Waals surface area contributed by atoms with Gasteiger partial charge in [0, 0.05) is 35.8 Å². The van der Waals surface area contributed by atoms with E-state index in [1.165, 1.54) is 0 Å². The van der Waals surface area contributed by atoms with Gasteiger partial charge in [0.05, 0.1) is 12.4 Å². The van der Waals surface area contributed by atoms with Crippen molar-refractivity contribution in [1.29, 1.82) is 0 Å². The fourth-order valence-electron chi connectivity index (χ4n) is 2.25. The van der Waals surface area contributed by atoms with Gasteiger partial charge in [-0.25, -0.2) is 14.2 Å². The molecular weight excluding hydrogens is 264 g/mol. The smallest absolute Gasteiger partial charge is 0.157 e. The van der Waals surface area contributed by atoms with Crippen LogP contribution >= 0.6 is 0 Å². The number of aromatic nitrogens is 5. The minimum absolute atomic E-state index is 0.735. The van der Waals surface area contributed by atoms with Gasteiger partial charge in [-0.1, -0.05) is 12.1 Å². The summed E-state index contributed by atoms with van der Waals surface area (Å²) in [4.78, 5) is 4.51. The highest BCUT2D eigenvalue weighted by Crippen LogP contribution is 2.21. The third-order valence-corrected chi connectivity index (χ3v) is 3.28. The van der Waals surface area contributed by atoms with E-state index in [-0.39, 0.29) is 0 Å². The first kappa shape index (κ1) is 11.7. The molecule has 0 unspecified atom stereocenters. The van der Waals surface area contributed by atoms with Crippen LogP contribution in [0.15, 0.2) is 61.2 Å². The summed E-state index contributed by atoms with van der Waals surface area (Å²) in [6, 6.07) is 11.4. The largest absolute Gasteiger partial charge is 0.399 e. The van der Waals surface area contributed by atoms with Gasteiger partial charge in [0.25, 0.3) is 0 Å². The van der Waals surface area contributed by atoms with E-state index >= 15 is 0 Å². The molecule has 6 heteroatoms. The van der Waals surface area contributed by atoms with Crippen molar-refractivity contribution in [2.75, 3.05) is 5.73 Å². The SMILES string of the molecule is Nc1cccc(-c2cnn(-c3ccn4nccc4n3)c2)c1. The third-order valence-electron chi connectivity index (χ3n) is 3.28. The molecule has 3 heterocycles. The molecule has 0 bridgehead atoms. The van der Waals surface area contributed by atoms with Gasteiger partial charge in [-0.05, 0) is 17.7 Å². The molecule has 0 aliphatic heterocycles. The van der Waals surface area contributed by atoms with Gasteiger partial charge in [0.1, 0.15) is 0 Å². The molecule has 3 aromatic heterocycles. The van der Waals surface area contributed by atoms with Crippen LogP contribution in [0.1, 0.15) is 0 Å². The lowest BCUT2D eigenvalue weighted by molar-refractivity contribution is 0.832. The van der Waals surface area contributed by atoms with Crippen molar-refractivity contribution in [2.24, 2.45) is 0 Å². The summed E-state index contributed by atoms with van der Waals surface area (Å²) < 4.78 is 3.46. The second-order valence-electron chi connectivity index (χ2n) is 4.72. The van der Waals surface area contributed by atoms with Crippen LogP contribution in [0.2, 0.25) is 0 Å². The molecule has 4 rings (SSSR count). The van der Waals surface area contributed by atoms with E-state index in [2.05, 4.69) is 15.2 Å². The maximum atomic E-state index is 5.81. The summed E-state index contributed by atoms with van der Waals surface area (Å²) in [5, 5.41) is 8.49. The zero-order chi connectivity index (χ0) is 14.2. The van der Waals surface area contributed by atoms with Gasteiger partial charge in [-0.15, -0.1) is 0 Å². The number of hydrogen-bond acceptors (Lipinski definition) is 4. The van der Waals surface area contributed by atoms with E-state index in [1.807, 2.05) is 48.8 Å². The van der Waals surface area contributed by atoms with Crippen LogP contribution in [0.25, 0.3) is 22.6 Å². The predicted octanol–water partition coefficient (Wildman–Crippen LogP) is 2.16. The first-order chi connectivity index (χ1) is 10.3. The lowest BCUT2D eigenvalue weighted by Crippen LogP contribution is -2.00. The lowest BCUT2D eigenvalue weighted by atomic mass is 10.1. The van der Waals surface area contributed by atoms with Gasteiger partial charge in [-0.3, -0.25) is 0 Å². The Kier molecular flexibility index (Phi) is 2.47. The molecule has 0 spiro atoms. The minimum atomic E-state index is 0.735. The summed E-state index contributed by atoms with van der Waals surface area (Å²) >= 11 is 0.